The third-order valence-corrected chi connectivity index (χ3v) is 2.80. The monoisotopic (exact) mass is 274 g/mol. The van der Waals surface area contributed by atoms with Gasteiger partial charge >= 0.3 is 11.9 Å². The van der Waals surface area contributed by atoms with E-state index in [9.17, 15) is 24.9 Å². The highest BCUT2D eigenvalue weighted by molar-refractivity contribution is 6.08. The molecule has 0 aromatic heterocycles. The molecule has 0 saturated carbocycles. The summed E-state index contributed by atoms with van der Waals surface area (Å²) in [7, 11) is 0. The molecule has 6 heteroatoms. The normalized spacial score (nSPS) is 10.2. The fourth-order valence-corrected chi connectivity index (χ4v) is 1.95. The van der Waals surface area contributed by atoms with Gasteiger partial charge in [0.25, 0.3) is 0 Å². The average molecular weight is 274 g/mol. The highest BCUT2D eigenvalue weighted by Crippen LogP contribution is 2.39. The first-order valence-electron chi connectivity index (χ1n) is 5.54. The molecule has 2 aromatic rings. The quantitative estimate of drug-likeness (QED) is 0.681. The number of hydrogen-bond donors (Lipinski definition) is 4. The van der Waals surface area contributed by atoms with Crippen LogP contribution in [-0.4, -0.2) is 32.4 Å². The third-order valence-electron chi connectivity index (χ3n) is 2.80. The van der Waals surface area contributed by atoms with Gasteiger partial charge in [0.1, 0.15) is 11.5 Å². The third kappa shape index (κ3) is 2.14. The van der Waals surface area contributed by atoms with Crippen LogP contribution in [-0.2, 0) is 0 Å². The number of para-hydroxylation sites is 1. The molecule has 0 aliphatic carbocycles. The van der Waals surface area contributed by atoms with Gasteiger partial charge in [-0.25, -0.2) is 9.59 Å². The predicted octanol–water partition coefficient (Wildman–Crippen LogP) is 2.16. The maximum absolute atomic E-state index is 11.3. The molecule has 0 amide bonds. The largest absolute Gasteiger partial charge is 0.507 e. The number of carboxylic acids is 2. The Morgan fingerprint density at radius 1 is 0.800 bits per heavy atom. The molecule has 20 heavy (non-hydrogen) atoms. The molecule has 0 atom stereocenters. The van der Waals surface area contributed by atoms with E-state index < -0.39 is 28.8 Å². The van der Waals surface area contributed by atoms with Crippen molar-refractivity contribution in [3.8, 4) is 22.6 Å². The molecule has 0 aliphatic rings. The van der Waals surface area contributed by atoms with E-state index in [0.29, 0.717) is 0 Å². The predicted molar refractivity (Wildman–Crippen MR) is 69.1 cm³/mol. The van der Waals surface area contributed by atoms with Gasteiger partial charge in [-0.3, -0.25) is 0 Å². The van der Waals surface area contributed by atoms with Gasteiger partial charge in [0.15, 0.2) is 0 Å². The molecule has 4 N–H and O–H groups in total. The number of hydrogen-bond acceptors (Lipinski definition) is 4. The van der Waals surface area contributed by atoms with Crippen LogP contribution in [0.15, 0.2) is 36.4 Å². The van der Waals surface area contributed by atoms with Gasteiger partial charge in [-0.2, -0.15) is 0 Å². The molecule has 0 fully saturated rings. The summed E-state index contributed by atoms with van der Waals surface area (Å²) >= 11 is 0. The van der Waals surface area contributed by atoms with Crippen molar-refractivity contribution in [2.75, 3.05) is 0 Å². The molecule has 0 heterocycles. The second-order valence-electron chi connectivity index (χ2n) is 4.01. The molecule has 102 valence electrons. The average Bonchev–Trinajstić information content (AvgIpc) is 2.38. The van der Waals surface area contributed by atoms with Crippen molar-refractivity contribution in [3.05, 3.63) is 47.5 Å². The van der Waals surface area contributed by atoms with Crippen molar-refractivity contribution in [2.24, 2.45) is 0 Å². The van der Waals surface area contributed by atoms with E-state index in [0.717, 1.165) is 12.1 Å². The number of phenols is 2. The first-order chi connectivity index (χ1) is 9.43. The summed E-state index contributed by atoms with van der Waals surface area (Å²) in [5, 5.41) is 37.9. The van der Waals surface area contributed by atoms with E-state index in [1.165, 1.54) is 24.3 Å². The Hall–Kier alpha value is -3.02. The molecule has 0 aliphatic heterocycles. The maximum Gasteiger partial charge on any atom is 0.337 e. The Bertz CT molecular complexity index is 705. The molecule has 2 aromatic carbocycles. The zero-order valence-electron chi connectivity index (χ0n) is 10.1. The Morgan fingerprint density at radius 2 is 1.45 bits per heavy atom. The van der Waals surface area contributed by atoms with E-state index in [-0.39, 0.29) is 16.9 Å². The Labute approximate surface area is 113 Å². The maximum atomic E-state index is 11.3. The smallest absolute Gasteiger partial charge is 0.337 e. The van der Waals surface area contributed by atoms with Crippen molar-refractivity contribution < 1.29 is 30.0 Å². The molecule has 2 rings (SSSR count). The van der Waals surface area contributed by atoms with Crippen molar-refractivity contribution in [1.29, 1.82) is 0 Å². The molecule has 0 radical (unpaired) electrons. The standard InChI is InChI=1S/C14H10O6/c15-9-4-2-1-3-7(9)11-10(16)6-5-8(13(17)18)12(11)14(19)20/h1-6,15-16H,(H,17,18)(H,19,20). The van der Waals surface area contributed by atoms with E-state index in [4.69, 9.17) is 5.11 Å². The van der Waals surface area contributed by atoms with Crippen LogP contribution in [0.4, 0.5) is 0 Å². The first kappa shape index (κ1) is 13.4. The number of aromatic hydroxyl groups is 2. The number of rotatable bonds is 3. The summed E-state index contributed by atoms with van der Waals surface area (Å²) in [6.45, 7) is 0. The zero-order chi connectivity index (χ0) is 14.9. The number of benzene rings is 2. The lowest BCUT2D eigenvalue weighted by atomic mass is 9.93. The minimum atomic E-state index is -1.50. The van der Waals surface area contributed by atoms with E-state index in [1.54, 1.807) is 0 Å². The van der Waals surface area contributed by atoms with Crippen LogP contribution in [0.1, 0.15) is 20.7 Å². The number of carboxylic acid groups (broad SMARTS) is 2. The van der Waals surface area contributed by atoms with Gasteiger partial charge in [-0.15, -0.1) is 0 Å². The molecule has 0 unspecified atom stereocenters. The number of carbonyl (C=O) groups is 2. The van der Waals surface area contributed by atoms with Gasteiger partial charge in [0.05, 0.1) is 11.1 Å². The molecule has 6 nitrogen and oxygen atoms in total. The highest BCUT2D eigenvalue weighted by Gasteiger charge is 2.25. The van der Waals surface area contributed by atoms with Crippen molar-refractivity contribution in [2.45, 2.75) is 0 Å². The zero-order valence-corrected chi connectivity index (χ0v) is 10.1. The Morgan fingerprint density at radius 3 is 2.00 bits per heavy atom. The first-order valence-corrected chi connectivity index (χ1v) is 5.54. The summed E-state index contributed by atoms with van der Waals surface area (Å²) < 4.78 is 0. The number of phenolic OH excluding ortho intramolecular Hbond substituents is 2. The molecular formula is C14H10O6. The lowest BCUT2D eigenvalue weighted by Crippen LogP contribution is -2.10. The van der Waals surface area contributed by atoms with E-state index >= 15 is 0 Å². The highest BCUT2D eigenvalue weighted by atomic mass is 16.4. The number of aromatic carboxylic acids is 2. The summed E-state index contributed by atoms with van der Waals surface area (Å²) in [5.41, 5.74) is -1.21. The lowest BCUT2D eigenvalue weighted by Gasteiger charge is -2.12. The van der Waals surface area contributed by atoms with Gasteiger partial charge in [0, 0.05) is 11.1 Å². The Kier molecular flexibility index (Phi) is 3.30. The molecule has 0 spiro atoms. The fraction of sp³-hybridized carbons (Fsp3) is 0. The lowest BCUT2D eigenvalue weighted by molar-refractivity contribution is 0.0652. The van der Waals surface area contributed by atoms with Gasteiger partial charge in [-0.05, 0) is 18.2 Å². The van der Waals surface area contributed by atoms with Crippen LogP contribution in [0.25, 0.3) is 11.1 Å². The summed E-state index contributed by atoms with van der Waals surface area (Å²) in [5.74, 6) is -3.61. The fourth-order valence-electron chi connectivity index (χ4n) is 1.95. The van der Waals surface area contributed by atoms with Crippen LogP contribution in [0.2, 0.25) is 0 Å². The Balaban J connectivity index is 2.88. The second kappa shape index (κ2) is 4.93. The molecule has 0 bridgehead atoms. The summed E-state index contributed by atoms with van der Waals surface area (Å²) in [6, 6.07) is 7.85. The van der Waals surface area contributed by atoms with E-state index in [2.05, 4.69) is 0 Å². The van der Waals surface area contributed by atoms with Gasteiger partial charge in [0.2, 0.25) is 0 Å². The SMILES string of the molecule is O=C(O)c1ccc(O)c(-c2ccccc2O)c1C(=O)O. The molecular weight excluding hydrogens is 264 g/mol. The van der Waals surface area contributed by atoms with Crippen LogP contribution in [0.5, 0.6) is 11.5 Å². The van der Waals surface area contributed by atoms with Gasteiger partial charge < -0.3 is 20.4 Å². The molecule has 0 saturated heterocycles. The van der Waals surface area contributed by atoms with Crippen molar-refractivity contribution in [1.82, 2.24) is 0 Å². The second-order valence-corrected chi connectivity index (χ2v) is 4.01. The summed E-state index contributed by atoms with van der Waals surface area (Å²) in [6.07, 6.45) is 0. The van der Waals surface area contributed by atoms with Crippen LogP contribution < -0.4 is 0 Å². The van der Waals surface area contributed by atoms with Crippen molar-refractivity contribution >= 4 is 11.9 Å². The minimum absolute atomic E-state index is 0.0468. The van der Waals surface area contributed by atoms with E-state index in [1.807, 2.05) is 0 Å². The minimum Gasteiger partial charge on any atom is -0.507 e. The van der Waals surface area contributed by atoms with Crippen molar-refractivity contribution in [3.63, 3.8) is 0 Å². The van der Waals surface area contributed by atoms with Crippen LogP contribution >= 0.6 is 0 Å². The van der Waals surface area contributed by atoms with Crippen LogP contribution in [0.3, 0.4) is 0 Å². The van der Waals surface area contributed by atoms with Crippen LogP contribution in [0, 0.1) is 0 Å². The topological polar surface area (TPSA) is 115 Å². The summed E-state index contributed by atoms with van der Waals surface area (Å²) in [4.78, 5) is 22.4. The van der Waals surface area contributed by atoms with Gasteiger partial charge in [-0.1, -0.05) is 18.2 Å².